The Morgan fingerprint density at radius 1 is 0.167 bits per heavy atom. The Kier molecular flexibility index (Phi) is 33.6. The van der Waals surface area contributed by atoms with Crippen LogP contribution < -0.4 is 0 Å². The number of hydrogen-bond donors (Lipinski definition) is 0. The maximum Gasteiger partial charge on any atom is 0.460 e. The molecular weight excluding hydrogens is 1320 g/mol. The second-order valence-corrected chi connectivity index (χ2v) is 23.4. The molecule has 0 amide bonds. The summed E-state index contributed by atoms with van der Waals surface area (Å²) in [5.74, 6) is -129. The maximum atomic E-state index is 15.9. The van der Waals surface area contributed by atoms with Gasteiger partial charge in [-0.05, 0) is 24.7 Å². The first-order valence-corrected chi connectivity index (χ1v) is 30.0. The highest BCUT2D eigenvalue weighted by Crippen LogP contribution is 2.67. The van der Waals surface area contributed by atoms with Crippen LogP contribution >= 0.6 is 0 Å². The standard InChI is InChI=1S/C56H80F34/c1-3-5-7-9-11-13-15-17-19-21-23-25-27-29-31-33-35-39(37-41(57,58)43(61,62)45(65,66)47(69,70)49(73,74)51(77,78)53(81,82)55(85,86)87)40(36-34-32-30-28-26-24-22-20-18-16-14-12-10-8-6-4-2)38-42(59,60)44(63,64)46(67,68)48(71,72)50(75,76)52(79,80)54(83,84)56(88,89)90/h39-40H,3-38H2,1-2H3. The van der Waals surface area contributed by atoms with Gasteiger partial charge < -0.3 is 0 Å². The summed E-state index contributed by atoms with van der Waals surface area (Å²) in [5.41, 5.74) is 0. The average molecular weight is 1400 g/mol. The Labute approximate surface area is 500 Å². The minimum atomic E-state index is -9.20. The van der Waals surface area contributed by atoms with Gasteiger partial charge in [-0.15, -0.1) is 0 Å². The van der Waals surface area contributed by atoms with Gasteiger partial charge in [0.15, 0.2) is 0 Å². The van der Waals surface area contributed by atoms with E-state index in [-0.39, 0.29) is 25.7 Å². The Morgan fingerprint density at radius 3 is 0.456 bits per heavy atom. The molecule has 0 saturated heterocycles. The van der Waals surface area contributed by atoms with E-state index in [2.05, 4.69) is 0 Å². The smallest absolute Gasteiger partial charge is 0.200 e. The van der Waals surface area contributed by atoms with Crippen molar-refractivity contribution in [3.05, 3.63) is 0 Å². The minimum Gasteiger partial charge on any atom is -0.200 e. The first-order valence-electron chi connectivity index (χ1n) is 30.0. The minimum absolute atomic E-state index is 0.124. The highest BCUT2D eigenvalue weighted by molar-refractivity contribution is 5.17. The lowest BCUT2D eigenvalue weighted by Crippen LogP contribution is -2.74. The van der Waals surface area contributed by atoms with E-state index >= 15 is 52.7 Å². The summed E-state index contributed by atoms with van der Waals surface area (Å²) >= 11 is 0. The fourth-order valence-electron chi connectivity index (χ4n) is 10.2. The van der Waals surface area contributed by atoms with E-state index in [1.165, 1.54) is 0 Å². The van der Waals surface area contributed by atoms with Crippen molar-refractivity contribution in [2.45, 2.75) is 340 Å². The molecule has 0 saturated carbocycles. The van der Waals surface area contributed by atoms with Gasteiger partial charge >= 0.3 is 95.3 Å². The van der Waals surface area contributed by atoms with Crippen molar-refractivity contribution in [1.29, 1.82) is 0 Å². The Balaban J connectivity index is 7.57. The molecule has 0 nitrogen and oxygen atoms in total. The van der Waals surface area contributed by atoms with Gasteiger partial charge in [-0.3, -0.25) is 0 Å². The normalized spacial score (nSPS) is 15.7. The molecule has 0 aliphatic rings. The molecule has 0 spiro atoms. The van der Waals surface area contributed by atoms with Gasteiger partial charge in [0.2, 0.25) is 0 Å². The largest absolute Gasteiger partial charge is 0.460 e. The second-order valence-electron chi connectivity index (χ2n) is 23.4. The summed E-state index contributed by atoms with van der Waals surface area (Å²) in [6.45, 7) is 4.05. The molecule has 0 heterocycles. The van der Waals surface area contributed by atoms with Gasteiger partial charge in [0, 0.05) is 12.8 Å². The third kappa shape index (κ3) is 20.3. The second kappa shape index (κ2) is 34.5. The molecule has 0 aliphatic carbocycles. The summed E-state index contributed by atoms with van der Waals surface area (Å²) in [5, 5.41) is 0. The van der Waals surface area contributed by atoms with E-state index in [1.54, 1.807) is 0 Å². The fraction of sp³-hybridized carbons (Fsp3) is 1.00. The van der Waals surface area contributed by atoms with Crippen LogP contribution in [0.3, 0.4) is 0 Å². The SMILES string of the molecule is CCCCCCCCCCCCCCCCCCC(CC(F)(F)C(F)(F)C(F)(F)C(F)(F)C(F)(F)C(F)(F)C(F)(F)C(F)(F)F)C(CCCCCCCCCCCCCCCCCC)CC(F)(F)C(F)(F)C(F)(F)C(F)(F)C(F)(F)C(F)(F)C(F)(F)C(F)(F)F. The van der Waals surface area contributed by atoms with Crippen LogP contribution in [0.5, 0.6) is 0 Å². The Hall–Kier alpha value is -2.38. The van der Waals surface area contributed by atoms with Crippen LogP contribution in [-0.4, -0.2) is 95.3 Å². The van der Waals surface area contributed by atoms with Crippen molar-refractivity contribution in [2.24, 2.45) is 11.8 Å². The summed E-state index contributed by atoms with van der Waals surface area (Å²) < 4.78 is 488. The lowest BCUT2D eigenvalue weighted by Gasteiger charge is -2.44. The van der Waals surface area contributed by atoms with Gasteiger partial charge in [-0.1, -0.05) is 219 Å². The van der Waals surface area contributed by atoms with Gasteiger partial charge in [-0.25, -0.2) is 0 Å². The molecule has 0 aromatic rings. The molecule has 0 aromatic heterocycles. The number of halogens is 34. The van der Waals surface area contributed by atoms with Crippen LogP contribution in [0, 0.1) is 11.8 Å². The molecule has 0 bridgehead atoms. The zero-order valence-corrected chi connectivity index (χ0v) is 49.5. The highest BCUT2D eigenvalue weighted by Gasteiger charge is 2.97. The van der Waals surface area contributed by atoms with Crippen molar-refractivity contribution < 1.29 is 149 Å². The van der Waals surface area contributed by atoms with Crippen molar-refractivity contribution >= 4 is 0 Å². The van der Waals surface area contributed by atoms with Crippen LogP contribution in [0.15, 0.2) is 0 Å². The Morgan fingerprint density at radius 2 is 0.300 bits per heavy atom. The molecule has 0 radical (unpaired) electrons. The van der Waals surface area contributed by atoms with E-state index in [4.69, 9.17) is 0 Å². The quantitative estimate of drug-likeness (QED) is 0.0421. The van der Waals surface area contributed by atoms with Gasteiger partial charge in [0.1, 0.15) is 0 Å². The molecule has 0 aliphatic heterocycles. The van der Waals surface area contributed by atoms with Crippen LogP contribution in [0.2, 0.25) is 0 Å². The zero-order valence-electron chi connectivity index (χ0n) is 49.5. The van der Waals surface area contributed by atoms with Gasteiger partial charge in [-0.2, -0.15) is 149 Å². The topological polar surface area (TPSA) is 0 Å². The number of rotatable bonds is 51. The van der Waals surface area contributed by atoms with Crippen molar-refractivity contribution in [3.8, 4) is 0 Å². The number of hydrogen-bond acceptors (Lipinski definition) is 0. The average Bonchev–Trinajstić information content (AvgIpc) is 0.708. The van der Waals surface area contributed by atoms with E-state index in [0.29, 0.717) is 38.5 Å². The van der Waals surface area contributed by atoms with Crippen LogP contribution in [0.4, 0.5) is 149 Å². The lowest BCUT2D eigenvalue weighted by atomic mass is 9.74. The van der Waals surface area contributed by atoms with Crippen molar-refractivity contribution in [1.82, 2.24) is 0 Å². The first kappa shape index (κ1) is 87.6. The van der Waals surface area contributed by atoms with Gasteiger partial charge in [0.05, 0.1) is 0 Å². The Bertz CT molecular complexity index is 1840. The summed E-state index contributed by atoms with van der Waals surface area (Å²) in [7, 11) is 0. The molecule has 0 N–H and O–H groups in total. The van der Waals surface area contributed by atoms with E-state index < -0.39 is 158 Å². The molecule has 90 heavy (non-hydrogen) atoms. The number of unbranched alkanes of at least 4 members (excludes halogenated alkanes) is 30. The van der Waals surface area contributed by atoms with E-state index in [9.17, 15) is 96.6 Å². The molecule has 34 heteroatoms. The predicted molar refractivity (Wildman–Crippen MR) is 266 cm³/mol. The van der Waals surface area contributed by atoms with Crippen LogP contribution in [0.25, 0.3) is 0 Å². The predicted octanol–water partition coefficient (Wildman–Crippen LogP) is 26.3. The molecule has 2 atom stereocenters. The summed E-state index contributed by atoms with van der Waals surface area (Å²) in [6.07, 6.45) is -10.1. The van der Waals surface area contributed by atoms with Gasteiger partial charge in [0.25, 0.3) is 0 Å². The molecule has 2 unspecified atom stereocenters. The fourth-order valence-corrected chi connectivity index (χ4v) is 10.2. The molecule has 0 aromatic carbocycles. The monoisotopic (exact) mass is 1400 g/mol. The third-order valence-electron chi connectivity index (χ3n) is 16.1. The molecular formula is C56H80F34. The lowest BCUT2D eigenvalue weighted by molar-refractivity contribution is -0.462. The van der Waals surface area contributed by atoms with Crippen molar-refractivity contribution in [3.63, 3.8) is 0 Å². The first-order chi connectivity index (χ1) is 40.6. The molecule has 0 rings (SSSR count). The van der Waals surface area contributed by atoms with Crippen LogP contribution in [-0.2, 0) is 0 Å². The molecule has 0 fully saturated rings. The summed E-state index contributed by atoms with van der Waals surface area (Å²) in [4.78, 5) is 0. The third-order valence-corrected chi connectivity index (χ3v) is 16.1. The highest BCUT2D eigenvalue weighted by atomic mass is 19.4. The van der Waals surface area contributed by atoms with E-state index in [0.717, 1.165) is 116 Å². The van der Waals surface area contributed by atoms with Crippen molar-refractivity contribution in [2.75, 3.05) is 0 Å². The summed E-state index contributed by atoms with van der Waals surface area (Å²) in [6, 6.07) is 0. The zero-order chi connectivity index (χ0) is 70.6. The van der Waals surface area contributed by atoms with E-state index in [1.807, 2.05) is 13.8 Å². The maximum absolute atomic E-state index is 15.9. The number of alkyl halides is 34. The molecule has 542 valence electrons. The van der Waals surface area contributed by atoms with Crippen LogP contribution in [0.1, 0.15) is 245 Å².